The van der Waals surface area contributed by atoms with Crippen molar-refractivity contribution < 1.29 is 9.13 Å². The van der Waals surface area contributed by atoms with Gasteiger partial charge in [0.15, 0.2) is 0 Å². The van der Waals surface area contributed by atoms with Crippen molar-refractivity contribution in [1.29, 1.82) is 0 Å². The van der Waals surface area contributed by atoms with Crippen LogP contribution >= 0.6 is 15.9 Å². The number of methoxy groups -OCH3 is 1. The number of anilines is 2. The highest BCUT2D eigenvalue weighted by molar-refractivity contribution is 9.10. The number of hydrogen-bond acceptors (Lipinski definition) is 3. The molecule has 0 fully saturated rings. The van der Waals surface area contributed by atoms with Crippen molar-refractivity contribution in [2.45, 2.75) is 6.92 Å². The maximum absolute atomic E-state index is 13.2. The van der Waals surface area contributed by atoms with Crippen LogP contribution < -0.4 is 10.1 Å². The molecule has 2 aromatic rings. The Morgan fingerprint density at radius 2 is 2.11 bits per heavy atom. The van der Waals surface area contributed by atoms with Crippen molar-refractivity contribution in [3.05, 3.63) is 46.3 Å². The maximum atomic E-state index is 13.2. The molecule has 0 bridgehead atoms. The van der Waals surface area contributed by atoms with Gasteiger partial charge in [-0.25, -0.2) is 9.37 Å². The highest BCUT2D eigenvalue weighted by Crippen LogP contribution is 2.29. The summed E-state index contributed by atoms with van der Waals surface area (Å²) in [6, 6.07) is 6.24. The molecule has 1 N–H and O–H groups in total. The summed E-state index contributed by atoms with van der Waals surface area (Å²) in [4.78, 5) is 4.24. The summed E-state index contributed by atoms with van der Waals surface area (Å²) in [5.41, 5.74) is 1.51. The first-order valence-corrected chi connectivity index (χ1v) is 6.12. The minimum atomic E-state index is -0.326. The number of rotatable bonds is 3. The van der Waals surface area contributed by atoms with E-state index in [1.807, 2.05) is 13.0 Å². The monoisotopic (exact) mass is 310 g/mol. The molecule has 1 aromatic carbocycles. The normalized spacial score (nSPS) is 10.2. The van der Waals surface area contributed by atoms with Crippen molar-refractivity contribution in [2.24, 2.45) is 0 Å². The zero-order valence-electron chi connectivity index (χ0n) is 10.00. The predicted molar refractivity (Wildman–Crippen MR) is 72.9 cm³/mol. The Bertz CT molecular complexity index is 575. The van der Waals surface area contributed by atoms with E-state index in [0.717, 1.165) is 10.0 Å². The minimum Gasteiger partial charge on any atom is -0.495 e. The second-order valence-corrected chi connectivity index (χ2v) is 4.70. The highest BCUT2D eigenvalue weighted by atomic mass is 79.9. The number of benzene rings is 1. The Labute approximate surface area is 113 Å². The van der Waals surface area contributed by atoms with E-state index < -0.39 is 0 Å². The fraction of sp³-hybridized carbons (Fsp3) is 0.154. The Kier molecular flexibility index (Phi) is 3.81. The molecule has 94 valence electrons. The molecule has 1 aromatic heterocycles. The molecule has 0 radical (unpaired) electrons. The number of ether oxygens (including phenoxy) is 1. The van der Waals surface area contributed by atoms with E-state index in [2.05, 4.69) is 26.2 Å². The number of aromatic nitrogens is 1. The van der Waals surface area contributed by atoms with Gasteiger partial charge in [0, 0.05) is 16.7 Å². The molecule has 0 saturated heterocycles. The van der Waals surface area contributed by atoms with Gasteiger partial charge in [0.25, 0.3) is 0 Å². The number of nitrogens with zero attached hydrogens (tertiary/aromatic N) is 1. The summed E-state index contributed by atoms with van der Waals surface area (Å²) >= 11 is 3.35. The van der Waals surface area contributed by atoms with Gasteiger partial charge in [-0.3, -0.25) is 0 Å². The molecular weight excluding hydrogens is 299 g/mol. The third kappa shape index (κ3) is 2.79. The van der Waals surface area contributed by atoms with Crippen LogP contribution in [0.5, 0.6) is 5.75 Å². The molecule has 0 saturated carbocycles. The molecule has 0 aliphatic heterocycles. The Hall–Kier alpha value is -1.62. The second-order valence-electron chi connectivity index (χ2n) is 3.79. The lowest BCUT2D eigenvalue weighted by molar-refractivity contribution is 0.416. The minimum absolute atomic E-state index is 0.326. The van der Waals surface area contributed by atoms with Crippen molar-refractivity contribution in [2.75, 3.05) is 12.4 Å². The largest absolute Gasteiger partial charge is 0.495 e. The van der Waals surface area contributed by atoms with Crippen LogP contribution in [0.15, 0.2) is 34.9 Å². The van der Waals surface area contributed by atoms with Gasteiger partial charge < -0.3 is 10.1 Å². The van der Waals surface area contributed by atoms with E-state index in [0.29, 0.717) is 17.3 Å². The number of pyridine rings is 1. The van der Waals surface area contributed by atoms with Gasteiger partial charge in [0.2, 0.25) is 0 Å². The lowest BCUT2D eigenvalue weighted by atomic mass is 10.2. The molecule has 1 heterocycles. The van der Waals surface area contributed by atoms with E-state index >= 15 is 0 Å². The molecule has 5 heteroatoms. The summed E-state index contributed by atoms with van der Waals surface area (Å²) in [5.74, 6) is 0.913. The first-order valence-electron chi connectivity index (χ1n) is 5.33. The SMILES string of the molecule is COc1ccc(F)cc1Nc1ncc(Br)cc1C. The van der Waals surface area contributed by atoms with Crippen LogP contribution in [0.2, 0.25) is 0 Å². The van der Waals surface area contributed by atoms with Gasteiger partial charge in [0.05, 0.1) is 12.8 Å². The van der Waals surface area contributed by atoms with Crippen molar-refractivity contribution in [3.63, 3.8) is 0 Å². The van der Waals surface area contributed by atoms with Crippen molar-refractivity contribution in [1.82, 2.24) is 4.98 Å². The Balaban J connectivity index is 2.36. The van der Waals surface area contributed by atoms with Gasteiger partial charge >= 0.3 is 0 Å². The van der Waals surface area contributed by atoms with Gasteiger partial charge in [-0.2, -0.15) is 0 Å². The van der Waals surface area contributed by atoms with Gasteiger partial charge in [-0.05, 0) is 46.6 Å². The zero-order valence-corrected chi connectivity index (χ0v) is 11.6. The second kappa shape index (κ2) is 5.35. The number of hydrogen-bond donors (Lipinski definition) is 1. The van der Waals surface area contributed by atoms with Crippen LogP contribution in [0.4, 0.5) is 15.9 Å². The molecule has 0 spiro atoms. The van der Waals surface area contributed by atoms with Crippen LogP contribution in [0.25, 0.3) is 0 Å². The molecule has 0 atom stereocenters. The number of halogens is 2. The molecule has 3 nitrogen and oxygen atoms in total. The van der Waals surface area contributed by atoms with E-state index in [1.54, 1.807) is 19.4 Å². The molecule has 0 aliphatic carbocycles. The first kappa shape index (κ1) is 12.8. The third-order valence-electron chi connectivity index (χ3n) is 2.46. The molecule has 18 heavy (non-hydrogen) atoms. The molecule has 2 rings (SSSR count). The van der Waals surface area contributed by atoms with Crippen LogP contribution in [-0.4, -0.2) is 12.1 Å². The average molecular weight is 311 g/mol. The van der Waals surface area contributed by atoms with Crippen LogP contribution in [-0.2, 0) is 0 Å². The topological polar surface area (TPSA) is 34.1 Å². The quantitative estimate of drug-likeness (QED) is 0.929. The summed E-state index contributed by atoms with van der Waals surface area (Å²) in [6.45, 7) is 1.92. The molecule has 0 amide bonds. The van der Waals surface area contributed by atoms with E-state index in [1.165, 1.54) is 12.1 Å². The highest BCUT2D eigenvalue weighted by Gasteiger charge is 2.07. The molecule has 0 unspecified atom stereocenters. The zero-order chi connectivity index (χ0) is 13.1. The van der Waals surface area contributed by atoms with Gasteiger partial charge in [0.1, 0.15) is 17.4 Å². The van der Waals surface area contributed by atoms with Crippen molar-refractivity contribution in [3.8, 4) is 5.75 Å². The summed E-state index contributed by atoms with van der Waals surface area (Å²) in [7, 11) is 1.54. The summed E-state index contributed by atoms with van der Waals surface area (Å²) in [6.07, 6.45) is 1.68. The lowest BCUT2D eigenvalue weighted by Gasteiger charge is -2.12. The third-order valence-corrected chi connectivity index (χ3v) is 2.89. The fourth-order valence-electron chi connectivity index (χ4n) is 1.58. The first-order chi connectivity index (χ1) is 8.60. The summed E-state index contributed by atoms with van der Waals surface area (Å²) in [5, 5.41) is 3.06. The van der Waals surface area contributed by atoms with Gasteiger partial charge in [-0.1, -0.05) is 0 Å². The predicted octanol–water partition coefficient (Wildman–Crippen LogP) is 4.04. The number of aryl methyl sites for hydroxylation is 1. The van der Waals surface area contributed by atoms with E-state index in [4.69, 9.17) is 4.74 Å². The smallest absolute Gasteiger partial charge is 0.142 e. The summed E-state index contributed by atoms with van der Waals surface area (Å²) < 4.78 is 19.3. The number of nitrogens with one attached hydrogen (secondary N) is 1. The average Bonchev–Trinajstić information content (AvgIpc) is 2.33. The molecule has 0 aliphatic rings. The standard InChI is InChI=1S/C13H12BrFN2O/c1-8-5-9(14)7-16-13(8)17-11-6-10(15)3-4-12(11)18-2/h3-7H,1-2H3,(H,16,17). The van der Waals surface area contributed by atoms with E-state index in [-0.39, 0.29) is 5.82 Å². The fourth-order valence-corrected chi connectivity index (χ4v) is 2.02. The van der Waals surface area contributed by atoms with E-state index in [9.17, 15) is 4.39 Å². The Morgan fingerprint density at radius 1 is 1.33 bits per heavy atom. The maximum Gasteiger partial charge on any atom is 0.142 e. The Morgan fingerprint density at radius 3 is 2.78 bits per heavy atom. The lowest BCUT2D eigenvalue weighted by Crippen LogP contribution is -1.99. The van der Waals surface area contributed by atoms with Gasteiger partial charge in [-0.15, -0.1) is 0 Å². The van der Waals surface area contributed by atoms with Crippen LogP contribution in [0, 0.1) is 12.7 Å². The van der Waals surface area contributed by atoms with Crippen LogP contribution in [0.1, 0.15) is 5.56 Å². The van der Waals surface area contributed by atoms with Crippen LogP contribution in [0.3, 0.4) is 0 Å². The van der Waals surface area contributed by atoms with Crippen molar-refractivity contribution >= 4 is 27.4 Å². The molecular formula is C13H12BrFN2O.